The van der Waals surface area contributed by atoms with Crippen LogP contribution in [0.1, 0.15) is 22.0 Å². The third kappa shape index (κ3) is 2.87. The molecular weight excluding hydrogens is 308 g/mol. The van der Waals surface area contributed by atoms with E-state index in [1.807, 2.05) is 0 Å². The molecule has 3 rings (SSSR count). The van der Waals surface area contributed by atoms with Crippen LogP contribution in [-0.4, -0.2) is 15.4 Å². The molecule has 22 heavy (non-hydrogen) atoms. The molecule has 6 nitrogen and oxygen atoms in total. The number of fused-ring (bicyclic) bond motifs is 1. The van der Waals surface area contributed by atoms with E-state index in [0.29, 0.717) is 22.1 Å². The predicted octanol–water partition coefficient (Wildman–Crippen LogP) is 2.61. The number of esters is 1. The molecule has 0 atom stereocenters. The highest BCUT2D eigenvalue weighted by Gasteiger charge is 2.12. The fourth-order valence-corrected chi connectivity index (χ4v) is 2.12. The molecule has 0 fully saturated rings. The highest BCUT2D eigenvalue weighted by Crippen LogP contribution is 2.11. The van der Waals surface area contributed by atoms with Gasteiger partial charge in [0.25, 0.3) is 5.56 Å². The summed E-state index contributed by atoms with van der Waals surface area (Å²) in [4.78, 5) is 28.0. The summed E-state index contributed by atoms with van der Waals surface area (Å²) in [6.07, 6.45) is 1.48. The lowest BCUT2D eigenvalue weighted by atomic mass is 10.4. The Morgan fingerprint density at radius 3 is 2.91 bits per heavy atom. The van der Waals surface area contributed by atoms with Crippen molar-refractivity contribution in [1.82, 2.24) is 9.38 Å². The first-order valence-electron chi connectivity index (χ1n) is 6.44. The number of aromatic nitrogens is 2. The molecule has 0 spiro atoms. The molecule has 0 unspecified atom stereocenters. The van der Waals surface area contributed by atoms with Gasteiger partial charge in [-0.25, -0.2) is 9.78 Å². The van der Waals surface area contributed by atoms with Crippen LogP contribution in [-0.2, 0) is 11.3 Å². The highest BCUT2D eigenvalue weighted by molar-refractivity contribution is 6.30. The molecule has 0 aliphatic carbocycles. The van der Waals surface area contributed by atoms with Gasteiger partial charge in [0, 0.05) is 12.3 Å². The smallest absolute Gasteiger partial charge is 0.374 e. The molecule has 3 aromatic rings. The molecule has 3 aromatic heterocycles. The van der Waals surface area contributed by atoms with Crippen LogP contribution < -0.4 is 5.56 Å². The van der Waals surface area contributed by atoms with Gasteiger partial charge in [-0.15, -0.1) is 0 Å². The molecular formula is C15H11ClN2O4. The van der Waals surface area contributed by atoms with E-state index >= 15 is 0 Å². The van der Waals surface area contributed by atoms with Gasteiger partial charge in [-0.2, -0.15) is 0 Å². The normalized spacial score (nSPS) is 10.8. The van der Waals surface area contributed by atoms with Gasteiger partial charge in [0.05, 0.1) is 10.7 Å². The summed E-state index contributed by atoms with van der Waals surface area (Å²) in [7, 11) is 0. The first-order valence-corrected chi connectivity index (χ1v) is 6.82. The number of hydrogen-bond acceptors (Lipinski definition) is 5. The van der Waals surface area contributed by atoms with E-state index in [9.17, 15) is 9.59 Å². The minimum absolute atomic E-state index is 0.113. The Morgan fingerprint density at radius 2 is 2.18 bits per heavy atom. The van der Waals surface area contributed by atoms with Gasteiger partial charge < -0.3 is 9.15 Å². The second-order valence-corrected chi connectivity index (χ2v) is 5.08. The molecule has 0 saturated carbocycles. The van der Waals surface area contributed by atoms with E-state index in [1.54, 1.807) is 25.1 Å². The van der Waals surface area contributed by atoms with Crippen LogP contribution in [0.3, 0.4) is 0 Å². The van der Waals surface area contributed by atoms with Crippen LogP contribution >= 0.6 is 11.6 Å². The van der Waals surface area contributed by atoms with Crippen molar-refractivity contribution in [2.24, 2.45) is 0 Å². The Morgan fingerprint density at radius 1 is 1.36 bits per heavy atom. The molecule has 3 heterocycles. The van der Waals surface area contributed by atoms with Crippen LogP contribution in [0.4, 0.5) is 0 Å². The molecule has 0 aliphatic heterocycles. The summed E-state index contributed by atoms with van der Waals surface area (Å²) in [6, 6.07) is 7.74. The third-order valence-corrected chi connectivity index (χ3v) is 3.19. The van der Waals surface area contributed by atoms with Crippen molar-refractivity contribution in [3.05, 3.63) is 69.1 Å². The van der Waals surface area contributed by atoms with Crippen molar-refractivity contribution in [3.8, 4) is 0 Å². The van der Waals surface area contributed by atoms with Gasteiger partial charge in [-0.1, -0.05) is 11.6 Å². The molecule has 112 valence electrons. The lowest BCUT2D eigenvalue weighted by molar-refractivity contribution is 0.0429. The number of halogens is 1. The molecule has 7 heteroatoms. The first kappa shape index (κ1) is 14.3. The van der Waals surface area contributed by atoms with Gasteiger partial charge >= 0.3 is 5.97 Å². The number of carbonyl (C=O) groups is 1. The van der Waals surface area contributed by atoms with Crippen molar-refractivity contribution in [2.45, 2.75) is 13.5 Å². The summed E-state index contributed by atoms with van der Waals surface area (Å²) in [5.74, 6) is 0.124. The molecule has 0 bridgehead atoms. The van der Waals surface area contributed by atoms with E-state index in [1.165, 1.54) is 22.7 Å². The quantitative estimate of drug-likeness (QED) is 0.694. The van der Waals surface area contributed by atoms with Gasteiger partial charge in [0.2, 0.25) is 5.76 Å². The van der Waals surface area contributed by atoms with Gasteiger partial charge in [-0.3, -0.25) is 9.20 Å². The summed E-state index contributed by atoms with van der Waals surface area (Å²) < 4.78 is 11.6. The van der Waals surface area contributed by atoms with Crippen molar-refractivity contribution in [1.29, 1.82) is 0 Å². The summed E-state index contributed by atoms with van der Waals surface area (Å²) in [5, 5.41) is 0.434. The molecule has 0 saturated heterocycles. The van der Waals surface area contributed by atoms with Crippen LogP contribution in [0.15, 0.2) is 45.7 Å². The van der Waals surface area contributed by atoms with Crippen LogP contribution in [0.25, 0.3) is 5.65 Å². The fourth-order valence-electron chi connectivity index (χ4n) is 1.95. The largest absolute Gasteiger partial charge is 0.454 e. The number of pyridine rings is 1. The number of rotatable bonds is 3. The summed E-state index contributed by atoms with van der Waals surface area (Å²) >= 11 is 5.84. The maximum Gasteiger partial charge on any atom is 0.374 e. The summed E-state index contributed by atoms with van der Waals surface area (Å²) in [5.41, 5.74) is 0.480. The Balaban J connectivity index is 1.81. The zero-order valence-electron chi connectivity index (χ0n) is 11.6. The van der Waals surface area contributed by atoms with Gasteiger partial charge in [-0.05, 0) is 31.2 Å². The minimum Gasteiger partial charge on any atom is -0.454 e. The van der Waals surface area contributed by atoms with Gasteiger partial charge in [0.1, 0.15) is 18.0 Å². The van der Waals surface area contributed by atoms with Crippen LogP contribution in [0.5, 0.6) is 0 Å². The van der Waals surface area contributed by atoms with Crippen molar-refractivity contribution < 1.29 is 13.9 Å². The second kappa shape index (κ2) is 5.65. The van der Waals surface area contributed by atoms with Crippen molar-refractivity contribution >= 4 is 23.2 Å². The molecule has 0 aromatic carbocycles. The first-order chi connectivity index (χ1) is 10.5. The highest BCUT2D eigenvalue weighted by atomic mass is 35.5. The topological polar surface area (TPSA) is 73.8 Å². The van der Waals surface area contributed by atoms with E-state index < -0.39 is 5.97 Å². The standard InChI is InChI=1S/C15H11ClN2O4/c1-9-2-4-12(22-9)15(20)21-8-11-6-14(19)18-7-10(16)3-5-13(18)17-11/h2-7H,8H2,1H3. The molecule has 0 radical (unpaired) electrons. The Bertz CT molecular complexity index is 913. The molecule has 0 amide bonds. The number of ether oxygens (including phenoxy) is 1. The average molecular weight is 319 g/mol. The molecule has 0 N–H and O–H groups in total. The van der Waals surface area contributed by atoms with E-state index in [-0.39, 0.29) is 17.9 Å². The van der Waals surface area contributed by atoms with E-state index in [4.69, 9.17) is 20.8 Å². The van der Waals surface area contributed by atoms with Gasteiger partial charge in [0.15, 0.2) is 0 Å². The van der Waals surface area contributed by atoms with Crippen molar-refractivity contribution in [2.75, 3.05) is 0 Å². The molecule has 0 aliphatic rings. The fraction of sp³-hybridized carbons (Fsp3) is 0.133. The number of furan rings is 1. The third-order valence-electron chi connectivity index (χ3n) is 2.97. The number of nitrogens with zero attached hydrogens (tertiary/aromatic N) is 2. The average Bonchev–Trinajstić information content (AvgIpc) is 2.92. The van der Waals surface area contributed by atoms with Crippen LogP contribution in [0, 0.1) is 6.92 Å². The minimum atomic E-state index is -0.605. The number of aryl methyl sites for hydroxylation is 1. The number of hydrogen-bond donors (Lipinski definition) is 0. The maximum atomic E-state index is 12.0. The van der Waals surface area contributed by atoms with E-state index in [0.717, 1.165) is 0 Å². The van der Waals surface area contributed by atoms with Crippen LogP contribution in [0.2, 0.25) is 5.02 Å². The van der Waals surface area contributed by atoms with E-state index in [2.05, 4.69) is 4.98 Å². The monoisotopic (exact) mass is 318 g/mol. The SMILES string of the molecule is Cc1ccc(C(=O)OCc2cc(=O)n3cc(Cl)ccc3n2)o1. The van der Waals surface area contributed by atoms with Crippen molar-refractivity contribution in [3.63, 3.8) is 0 Å². The predicted molar refractivity (Wildman–Crippen MR) is 79.0 cm³/mol. The maximum absolute atomic E-state index is 12.0. The Labute approximate surface area is 129 Å². The lowest BCUT2D eigenvalue weighted by Gasteiger charge is -2.05. The summed E-state index contributed by atoms with van der Waals surface area (Å²) in [6.45, 7) is 1.61. The number of carbonyl (C=O) groups excluding carboxylic acids is 1. The lowest BCUT2D eigenvalue weighted by Crippen LogP contribution is -2.16. The Hall–Kier alpha value is -2.60. The second-order valence-electron chi connectivity index (χ2n) is 4.65. The zero-order valence-corrected chi connectivity index (χ0v) is 12.3. The Kier molecular flexibility index (Phi) is 3.68. The zero-order chi connectivity index (χ0) is 15.7.